The first-order valence-electron chi connectivity index (χ1n) is 4.01. The summed E-state index contributed by atoms with van der Waals surface area (Å²) in [5.41, 5.74) is 5.30. The van der Waals surface area contributed by atoms with Gasteiger partial charge in [0, 0.05) is 18.1 Å². The zero-order valence-electron chi connectivity index (χ0n) is 6.75. The lowest BCUT2D eigenvalue weighted by Gasteiger charge is -2.22. The Morgan fingerprint density at radius 3 is 3.08 bits per heavy atom. The van der Waals surface area contributed by atoms with E-state index >= 15 is 0 Å². The van der Waals surface area contributed by atoms with Gasteiger partial charge in [-0.3, -0.25) is 4.79 Å². The van der Waals surface area contributed by atoms with Crippen LogP contribution >= 0.6 is 23.5 Å². The maximum atomic E-state index is 11.0. The van der Waals surface area contributed by atoms with Gasteiger partial charge in [-0.1, -0.05) is 0 Å². The van der Waals surface area contributed by atoms with Gasteiger partial charge in [-0.25, -0.2) is 4.84 Å². The normalized spacial score (nSPS) is 27.2. The molecule has 0 bridgehead atoms. The van der Waals surface area contributed by atoms with Gasteiger partial charge in [0.2, 0.25) is 0 Å². The van der Waals surface area contributed by atoms with Crippen molar-refractivity contribution in [2.45, 2.75) is 36.4 Å². The van der Waals surface area contributed by atoms with Gasteiger partial charge in [-0.05, 0) is 24.6 Å². The minimum Gasteiger partial charge on any atom is -0.306 e. The zero-order chi connectivity index (χ0) is 8.97. The van der Waals surface area contributed by atoms with E-state index in [4.69, 9.17) is 17.5 Å². The molecule has 1 aliphatic carbocycles. The van der Waals surface area contributed by atoms with Crippen LogP contribution < -0.4 is 10.6 Å². The third kappa shape index (κ3) is 3.31. The molecule has 3 N–H and O–H groups in total. The van der Waals surface area contributed by atoms with Gasteiger partial charge in [-0.15, -0.1) is 11.8 Å². The molecule has 0 aromatic heterocycles. The van der Waals surface area contributed by atoms with Crippen LogP contribution in [0.1, 0.15) is 25.7 Å². The molecule has 2 unspecified atom stereocenters. The standard InChI is InChI=1S/C7H13ClN2OS/c8-10-7(9)12-6-3-1-2-5(11)4-6/h6-7,10H,1-4,9H2. The van der Waals surface area contributed by atoms with Crippen LogP contribution in [0, 0.1) is 0 Å². The highest BCUT2D eigenvalue weighted by molar-refractivity contribution is 8.00. The fraction of sp³-hybridized carbons (Fsp3) is 0.857. The molecule has 1 saturated carbocycles. The molecule has 1 fully saturated rings. The van der Waals surface area contributed by atoms with Crippen molar-refractivity contribution in [3.8, 4) is 0 Å². The van der Waals surface area contributed by atoms with Gasteiger partial charge in [-0.2, -0.15) is 0 Å². The van der Waals surface area contributed by atoms with E-state index in [0.29, 0.717) is 17.5 Å². The maximum Gasteiger partial charge on any atom is 0.134 e. The summed E-state index contributed by atoms with van der Waals surface area (Å²) >= 11 is 6.86. The first kappa shape index (κ1) is 10.3. The SMILES string of the molecule is NC(NCl)SC1CCCC(=O)C1. The van der Waals surface area contributed by atoms with Gasteiger partial charge in [0.15, 0.2) is 0 Å². The summed E-state index contributed by atoms with van der Waals surface area (Å²) in [7, 11) is 0. The number of hydrogen-bond donors (Lipinski definition) is 2. The van der Waals surface area contributed by atoms with Crippen molar-refractivity contribution in [1.82, 2.24) is 4.84 Å². The van der Waals surface area contributed by atoms with Gasteiger partial charge < -0.3 is 5.73 Å². The molecule has 70 valence electrons. The largest absolute Gasteiger partial charge is 0.306 e. The molecular weight excluding hydrogens is 196 g/mol. The molecule has 12 heavy (non-hydrogen) atoms. The van der Waals surface area contributed by atoms with Gasteiger partial charge in [0.05, 0.1) is 0 Å². The summed E-state index contributed by atoms with van der Waals surface area (Å²) in [4.78, 5) is 13.5. The molecular formula is C7H13ClN2OS. The molecule has 0 amide bonds. The Bertz CT molecular complexity index is 167. The Balaban J connectivity index is 2.27. The third-order valence-electron chi connectivity index (χ3n) is 1.88. The molecule has 3 nitrogen and oxygen atoms in total. The summed E-state index contributed by atoms with van der Waals surface area (Å²) in [5, 5.41) is 0.354. The van der Waals surface area contributed by atoms with Crippen LogP contribution in [0.25, 0.3) is 0 Å². The number of rotatable bonds is 3. The summed E-state index contributed by atoms with van der Waals surface area (Å²) in [5.74, 6) is 0.348. The van der Waals surface area contributed by atoms with E-state index < -0.39 is 0 Å². The fourth-order valence-corrected chi connectivity index (χ4v) is 2.54. The second kappa shape index (κ2) is 5.07. The highest BCUT2D eigenvalue weighted by Crippen LogP contribution is 2.27. The molecule has 0 aliphatic heterocycles. The summed E-state index contributed by atoms with van der Waals surface area (Å²) in [6, 6.07) is 0. The Labute approximate surface area is 81.5 Å². The fourth-order valence-electron chi connectivity index (χ4n) is 1.33. The number of thioether (sulfide) groups is 1. The summed E-state index contributed by atoms with van der Waals surface area (Å²) < 4.78 is 0. The molecule has 2 atom stereocenters. The van der Waals surface area contributed by atoms with Crippen LogP contribution in [-0.2, 0) is 4.79 Å². The second-order valence-electron chi connectivity index (χ2n) is 2.92. The second-order valence-corrected chi connectivity index (χ2v) is 4.59. The van der Waals surface area contributed by atoms with Gasteiger partial charge in [0.1, 0.15) is 11.3 Å². The van der Waals surface area contributed by atoms with E-state index in [9.17, 15) is 4.79 Å². The number of ketones is 1. The maximum absolute atomic E-state index is 11.0. The van der Waals surface area contributed by atoms with Crippen LogP contribution in [-0.4, -0.2) is 16.5 Å². The average Bonchev–Trinajstić information content (AvgIpc) is 2.04. The van der Waals surface area contributed by atoms with Crippen molar-refractivity contribution in [1.29, 1.82) is 0 Å². The minimum absolute atomic E-state index is 0.262. The molecule has 0 aromatic rings. The highest BCUT2D eigenvalue weighted by atomic mass is 35.5. The molecule has 0 radical (unpaired) electrons. The Hall–Kier alpha value is 0.230. The molecule has 0 spiro atoms. The molecule has 5 heteroatoms. The van der Waals surface area contributed by atoms with Gasteiger partial charge in [0.25, 0.3) is 0 Å². The first-order valence-corrected chi connectivity index (χ1v) is 5.33. The summed E-state index contributed by atoms with van der Waals surface area (Å²) in [6.07, 6.45) is 3.45. The first-order chi connectivity index (χ1) is 5.72. The monoisotopic (exact) mass is 208 g/mol. The molecule has 0 aromatic carbocycles. The number of hydrogen-bond acceptors (Lipinski definition) is 4. The van der Waals surface area contributed by atoms with Crippen LogP contribution in [0.2, 0.25) is 0 Å². The van der Waals surface area contributed by atoms with E-state index in [1.54, 1.807) is 0 Å². The van der Waals surface area contributed by atoms with Crippen LogP contribution in [0.15, 0.2) is 0 Å². The number of nitrogens with two attached hydrogens (primary N) is 1. The third-order valence-corrected chi connectivity index (χ3v) is 3.45. The van der Waals surface area contributed by atoms with E-state index in [2.05, 4.69) is 4.84 Å². The van der Waals surface area contributed by atoms with E-state index in [-0.39, 0.29) is 5.50 Å². The lowest BCUT2D eigenvalue weighted by molar-refractivity contribution is -0.120. The quantitative estimate of drug-likeness (QED) is 0.541. The molecule has 1 aliphatic rings. The van der Waals surface area contributed by atoms with E-state index in [0.717, 1.165) is 19.3 Å². The number of carbonyl (C=O) groups excluding carboxylic acids is 1. The zero-order valence-corrected chi connectivity index (χ0v) is 8.33. The lowest BCUT2D eigenvalue weighted by atomic mass is 9.99. The smallest absolute Gasteiger partial charge is 0.134 e. The Kier molecular flexibility index (Phi) is 4.35. The average molecular weight is 209 g/mol. The number of halogens is 1. The number of nitrogens with one attached hydrogen (secondary N) is 1. The van der Waals surface area contributed by atoms with Crippen LogP contribution in [0.5, 0.6) is 0 Å². The van der Waals surface area contributed by atoms with Crippen LogP contribution in [0.3, 0.4) is 0 Å². The highest BCUT2D eigenvalue weighted by Gasteiger charge is 2.21. The number of Topliss-reactive ketones (excluding diaryl/α,β-unsaturated/α-hetero) is 1. The van der Waals surface area contributed by atoms with Crippen molar-refractivity contribution in [2.24, 2.45) is 5.73 Å². The van der Waals surface area contributed by atoms with Gasteiger partial charge >= 0.3 is 0 Å². The van der Waals surface area contributed by atoms with E-state index in [1.807, 2.05) is 0 Å². The number of carbonyl (C=O) groups is 1. The van der Waals surface area contributed by atoms with Crippen LogP contribution in [0.4, 0.5) is 0 Å². The van der Waals surface area contributed by atoms with Crippen molar-refractivity contribution < 1.29 is 4.79 Å². The van der Waals surface area contributed by atoms with Crippen molar-refractivity contribution in [3.05, 3.63) is 0 Å². The predicted octanol–water partition coefficient (Wildman–Crippen LogP) is 1.22. The summed E-state index contributed by atoms with van der Waals surface area (Å²) in [6.45, 7) is 0. The van der Waals surface area contributed by atoms with E-state index in [1.165, 1.54) is 11.8 Å². The molecule has 0 heterocycles. The topological polar surface area (TPSA) is 55.1 Å². The Morgan fingerprint density at radius 2 is 2.50 bits per heavy atom. The predicted molar refractivity (Wildman–Crippen MR) is 51.8 cm³/mol. The van der Waals surface area contributed by atoms with Crippen molar-refractivity contribution >= 4 is 29.3 Å². The van der Waals surface area contributed by atoms with Crippen molar-refractivity contribution in [2.75, 3.05) is 0 Å². The lowest BCUT2D eigenvalue weighted by Crippen LogP contribution is -2.31. The molecule has 0 saturated heterocycles. The minimum atomic E-state index is -0.262. The van der Waals surface area contributed by atoms with Crippen molar-refractivity contribution in [3.63, 3.8) is 0 Å². The molecule has 1 rings (SSSR count). The Morgan fingerprint density at radius 1 is 1.75 bits per heavy atom.